The first kappa shape index (κ1) is 12.3. The third-order valence-electron chi connectivity index (χ3n) is 2.22. The molecule has 5 nitrogen and oxygen atoms in total. The van der Waals surface area contributed by atoms with Gasteiger partial charge in [-0.15, -0.1) is 0 Å². The van der Waals surface area contributed by atoms with E-state index in [4.69, 9.17) is 4.74 Å². The first-order chi connectivity index (χ1) is 6.56. The van der Waals surface area contributed by atoms with Gasteiger partial charge in [0.1, 0.15) is 5.60 Å². The number of nitrogens with one attached hydrogen (secondary N) is 1. The van der Waals surface area contributed by atoms with E-state index >= 15 is 0 Å². The van der Waals surface area contributed by atoms with Crippen LogP contribution in [-0.4, -0.2) is 24.9 Å². The molecule has 1 aliphatic rings. The molecule has 0 heterocycles. The SMILES string of the molecule is CC(C)(C)OC(=O)NS(=O)(=O)C1(C)CC1. The Hall–Kier alpha value is -0.780. The summed E-state index contributed by atoms with van der Waals surface area (Å²) in [6.07, 6.45) is 0.270. The fraction of sp³-hybridized carbons (Fsp3) is 0.889. The molecule has 15 heavy (non-hydrogen) atoms. The Balaban J connectivity index is 2.60. The second-order valence-corrected chi connectivity index (χ2v) is 7.25. The Morgan fingerprint density at radius 3 is 2.13 bits per heavy atom. The van der Waals surface area contributed by atoms with Crippen LogP contribution in [0.3, 0.4) is 0 Å². The van der Waals surface area contributed by atoms with Gasteiger partial charge in [-0.05, 0) is 40.5 Å². The summed E-state index contributed by atoms with van der Waals surface area (Å²) in [6.45, 7) is 6.65. The van der Waals surface area contributed by atoms with Crippen molar-refractivity contribution in [1.29, 1.82) is 0 Å². The Morgan fingerprint density at radius 1 is 1.33 bits per heavy atom. The van der Waals surface area contributed by atoms with Crippen LogP contribution in [0.5, 0.6) is 0 Å². The van der Waals surface area contributed by atoms with Crippen LogP contribution in [0.2, 0.25) is 0 Å². The second kappa shape index (κ2) is 3.37. The molecule has 0 aromatic carbocycles. The first-order valence-electron chi connectivity index (χ1n) is 4.81. The van der Waals surface area contributed by atoms with Crippen LogP contribution in [0.4, 0.5) is 4.79 Å². The summed E-state index contributed by atoms with van der Waals surface area (Å²) < 4.78 is 29.2. The molecule has 1 N–H and O–H groups in total. The smallest absolute Gasteiger partial charge is 0.421 e. The zero-order valence-electron chi connectivity index (χ0n) is 9.46. The molecule has 0 radical (unpaired) electrons. The normalized spacial score (nSPS) is 19.5. The van der Waals surface area contributed by atoms with E-state index in [1.54, 1.807) is 27.7 Å². The standard InChI is InChI=1S/C9H17NO4S/c1-8(2,3)14-7(11)10-15(12,13)9(4)5-6-9/h5-6H2,1-4H3,(H,10,11). The molecule has 1 saturated carbocycles. The van der Waals surface area contributed by atoms with Gasteiger partial charge in [-0.2, -0.15) is 0 Å². The van der Waals surface area contributed by atoms with E-state index in [0.29, 0.717) is 12.8 Å². The molecule has 0 spiro atoms. The number of carbonyl (C=O) groups excluding carboxylic acids is 1. The van der Waals surface area contributed by atoms with Gasteiger partial charge in [-0.1, -0.05) is 0 Å². The zero-order chi connectivity index (χ0) is 11.9. The van der Waals surface area contributed by atoms with Crippen molar-refractivity contribution in [3.8, 4) is 0 Å². The van der Waals surface area contributed by atoms with Gasteiger partial charge in [-0.3, -0.25) is 0 Å². The van der Waals surface area contributed by atoms with Crippen molar-refractivity contribution < 1.29 is 17.9 Å². The monoisotopic (exact) mass is 235 g/mol. The molecule has 0 atom stereocenters. The highest BCUT2D eigenvalue weighted by Crippen LogP contribution is 2.42. The lowest BCUT2D eigenvalue weighted by atomic mass is 10.2. The predicted octanol–water partition coefficient (Wildman–Crippen LogP) is 1.39. The average molecular weight is 235 g/mol. The molecule has 0 aromatic heterocycles. The lowest BCUT2D eigenvalue weighted by molar-refractivity contribution is 0.0569. The minimum atomic E-state index is -3.58. The van der Waals surface area contributed by atoms with Crippen LogP contribution in [0, 0.1) is 0 Å². The van der Waals surface area contributed by atoms with Gasteiger partial charge < -0.3 is 4.74 Å². The third-order valence-corrected chi connectivity index (χ3v) is 4.36. The van der Waals surface area contributed by atoms with Crippen molar-refractivity contribution in [2.45, 2.75) is 50.9 Å². The molecule has 0 unspecified atom stereocenters. The number of hydrogen-bond donors (Lipinski definition) is 1. The van der Waals surface area contributed by atoms with Crippen molar-refractivity contribution in [3.05, 3.63) is 0 Å². The van der Waals surface area contributed by atoms with Crippen LogP contribution >= 0.6 is 0 Å². The summed E-state index contributed by atoms with van der Waals surface area (Å²) in [6, 6.07) is 0. The third kappa shape index (κ3) is 3.09. The summed E-state index contributed by atoms with van der Waals surface area (Å²) in [7, 11) is -3.58. The lowest BCUT2D eigenvalue weighted by Gasteiger charge is -2.20. The minimum absolute atomic E-state index is 0.588. The maximum absolute atomic E-state index is 11.6. The van der Waals surface area contributed by atoms with Crippen LogP contribution in [-0.2, 0) is 14.8 Å². The first-order valence-corrected chi connectivity index (χ1v) is 6.29. The van der Waals surface area contributed by atoms with Gasteiger partial charge in [0, 0.05) is 0 Å². The van der Waals surface area contributed by atoms with Gasteiger partial charge in [0.05, 0.1) is 4.75 Å². The molecule has 1 aliphatic carbocycles. The number of rotatable bonds is 2. The van der Waals surface area contributed by atoms with Crippen molar-refractivity contribution >= 4 is 16.1 Å². The molecule has 1 fully saturated rings. The second-order valence-electron chi connectivity index (χ2n) is 5.06. The Bertz CT molecular complexity index is 362. The quantitative estimate of drug-likeness (QED) is 0.785. The Morgan fingerprint density at radius 2 is 1.80 bits per heavy atom. The Labute approximate surface area is 90.2 Å². The Kier molecular flexibility index (Phi) is 2.76. The molecule has 1 amide bonds. The number of amides is 1. The van der Waals surface area contributed by atoms with Gasteiger partial charge in [0.25, 0.3) is 0 Å². The molecule has 6 heteroatoms. The zero-order valence-corrected chi connectivity index (χ0v) is 10.3. The van der Waals surface area contributed by atoms with E-state index in [1.807, 2.05) is 4.72 Å². The predicted molar refractivity (Wildman–Crippen MR) is 55.9 cm³/mol. The van der Waals surface area contributed by atoms with Crippen molar-refractivity contribution in [2.24, 2.45) is 0 Å². The fourth-order valence-electron chi connectivity index (χ4n) is 0.977. The molecule has 0 saturated heterocycles. The average Bonchev–Trinajstić information content (AvgIpc) is 2.62. The number of carbonyl (C=O) groups is 1. The van der Waals surface area contributed by atoms with Crippen molar-refractivity contribution in [1.82, 2.24) is 4.72 Å². The summed E-state index contributed by atoms with van der Waals surface area (Å²) in [5, 5.41) is 0. The van der Waals surface area contributed by atoms with Crippen LogP contribution in [0.25, 0.3) is 0 Å². The fourth-order valence-corrected chi connectivity index (χ4v) is 2.12. The highest BCUT2D eigenvalue weighted by molar-refractivity contribution is 7.91. The molecule has 0 aliphatic heterocycles. The minimum Gasteiger partial charge on any atom is -0.443 e. The van der Waals surface area contributed by atoms with Crippen molar-refractivity contribution in [3.63, 3.8) is 0 Å². The van der Waals surface area contributed by atoms with Crippen molar-refractivity contribution in [2.75, 3.05) is 0 Å². The van der Waals surface area contributed by atoms with E-state index < -0.39 is 26.5 Å². The molecular weight excluding hydrogens is 218 g/mol. The lowest BCUT2D eigenvalue weighted by Crippen LogP contribution is -2.41. The maximum atomic E-state index is 11.6. The van der Waals surface area contributed by atoms with E-state index in [-0.39, 0.29) is 0 Å². The van der Waals surface area contributed by atoms with Crippen LogP contribution < -0.4 is 4.72 Å². The van der Waals surface area contributed by atoms with E-state index in [0.717, 1.165) is 0 Å². The highest BCUT2D eigenvalue weighted by atomic mass is 32.2. The maximum Gasteiger partial charge on any atom is 0.421 e. The highest BCUT2D eigenvalue weighted by Gasteiger charge is 2.51. The molecule has 0 bridgehead atoms. The van der Waals surface area contributed by atoms with Gasteiger partial charge in [0.2, 0.25) is 10.0 Å². The molecule has 0 aromatic rings. The molecule has 88 valence electrons. The number of hydrogen-bond acceptors (Lipinski definition) is 4. The van der Waals surface area contributed by atoms with Gasteiger partial charge >= 0.3 is 6.09 Å². The summed E-state index contributed by atoms with van der Waals surface area (Å²) in [5.41, 5.74) is -0.690. The van der Waals surface area contributed by atoms with Crippen LogP contribution in [0.15, 0.2) is 0 Å². The van der Waals surface area contributed by atoms with Gasteiger partial charge in [-0.25, -0.2) is 17.9 Å². The van der Waals surface area contributed by atoms with Crippen LogP contribution in [0.1, 0.15) is 40.5 Å². The number of ether oxygens (including phenoxy) is 1. The summed E-state index contributed by atoms with van der Waals surface area (Å²) >= 11 is 0. The summed E-state index contributed by atoms with van der Waals surface area (Å²) in [4.78, 5) is 11.2. The molecule has 1 rings (SSSR count). The van der Waals surface area contributed by atoms with E-state index in [9.17, 15) is 13.2 Å². The topological polar surface area (TPSA) is 72.5 Å². The molecular formula is C9H17NO4S. The van der Waals surface area contributed by atoms with E-state index in [1.165, 1.54) is 0 Å². The largest absolute Gasteiger partial charge is 0.443 e. The summed E-state index contributed by atoms with van der Waals surface area (Å²) in [5.74, 6) is 0. The van der Waals surface area contributed by atoms with E-state index in [2.05, 4.69) is 0 Å². The number of sulfonamides is 1. The van der Waals surface area contributed by atoms with Gasteiger partial charge in [0.15, 0.2) is 0 Å².